The van der Waals surface area contributed by atoms with Crippen molar-refractivity contribution in [2.24, 2.45) is 0 Å². The number of methoxy groups -OCH3 is 1. The highest BCUT2D eigenvalue weighted by molar-refractivity contribution is 6.59. The van der Waals surface area contributed by atoms with Crippen molar-refractivity contribution >= 4 is 12.6 Å². The molecule has 1 saturated heterocycles. The summed E-state index contributed by atoms with van der Waals surface area (Å²) in [6.07, 6.45) is 2.56. The maximum atomic E-state index is 8.81. The molecule has 1 fully saturated rings. The molecule has 1 aliphatic rings. The molecule has 4 nitrogen and oxygen atoms in total. The Morgan fingerprint density at radius 2 is 1.67 bits per heavy atom. The number of hydrogen-bond acceptors (Lipinski definition) is 4. The minimum Gasteiger partial charge on any atom is -0.497 e. The van der Waals surface area contributed by atoms with Gasteiger partial charge in [-0.3, -0.25) is 0 Å². The highest BCUT2D eigenvalue weighted by Gasteiger charge is 2.14. The molecule has 102 valence electrons. The van der Waals surface area contributed by atoms with Crippen LogP contribution in [0.5, 0.6) is 5.75 Å². The van der Waals surface area contributed by atoms with Gasteiger partial charge in [-0.15, -0.1) is 0 Å². The van der Waals surface area contributed by atoms with Crippen LogP contribution in [0, 0.1) is 0 Å². The molecule has 0 spiro atoms. The number of ether oxygens (including phenoxy) is 2. The molecule has 0 aromatic heterocycles. The molecule has 0 aliphatic carbocycles. The zero-order chi connectivity index (χ0) is 13.8. The van der Waals surface area contributed by atoms with Crippen LogP contribution in [0.2, 0.25) is 0 Å². The predicted octanol–water partition coefficient (Wildman–Crippen LogP) is 1.20. The Morgan fingerprint density at radius 3 is 2.00 bits per heavy atom. The molecule has 1 aromatic rings. The summed E-state index contributed by atoms with van der Waals surface area (Å²) >= 11 is 0. The molecular weight excluding hydrogens is 231 g/mol. The topological polar surface area (TPSA) is 58.9 Å². The van der Waals surface area contributed by atoms with Gasteiger partial charge in [0, 0.05) is 18.7 Å². The number of rotatable bonds is 2. The van der Waals surface area contributed by atoms with Crippen molar-refractivity contribution in [2.75, 3.05) is 20.3 Å². The summed E-state index contributed by atoms with van der Waals surface area (Å²) in [5.74, 6) is 0.488. The van der Waals surface area contributed by atoms with Gasteiger partial charge in [0.15, 0.2) is 0 Å². The Kier molecular flexibility index (Phi) is 10.4. The second-order valence-electron chi connectivity index (χ2n) is 3.44. The number of para-hydroxylation sites is 1. The summed E-state index contributed by atoms with van der Waals surface area (Å²) in [7, 11) is 0.0208. The number of benzene rings is 1. The second-order valence-corrected chi connectivity index (χ2v) is 3.44. The summed E-state index contributed by atoms with van der Waals surface area (Å²) in [5.41, 5.74) is 0.384. The van der Waals surface area contributed by atoms with Gasteiger partial charge in [-0.2, -0.15) is 0 Å². The maximum Gasteiger partial charge on any atom is 0.492 e. The summed E-state index contributed by atoms with van der Waals surface area (Å²) < 4.78 is 9.83. The minimum absolute atomic E-state index is 0.384. The SMILES string of the molecule is C1CCOC1.CC.COc1ccccc1B(O)O. The third kappa shape index (κ3) is 6.64. The number of hydrogen-bond donors (Lipinski definition) is 2. The quantitative estimate of drug-likeness (QED) is 0.778. The third-order valence-electron chi connectivity index (χ3n) is 2.24. The van der Waals surface area contributed by atoms with E-state index in [0.717, 1.165) is 13.2 Å². The fourth-order valence-corrected chi connectivity index (χ4v) is 1.39. The van der Waals surface area contributed by atoms with E-state index < -0.39 is 7.12 Å². The van der Waals surface area contributed by atoms with Crippen LogP contribution in [0.3, 0.4) is 0 Å². The molecule has 2 rings (SSSR count). The lowest BCUT2D eigenvalue weighted by atomic mass is 9.80. The van der Waals surface area contributed by atoms with Crippen molar-refractivity contribution in [1.82, 2.24) is 0 Å². The highest BCUT2D eigenvalue weighted by atomic mass is 16.5. The highest BCUT2D eigenvalue weighted by Crippen LogP contribution is 2.04. The van der Waals surface area contributed by atoms with Crippen LogP contribution in [-0.4, -0.2) is 37.5 Å². The summed E-state index contributed by atoms with van der Waals surface area (Å²) in [6, 6.07) is 6.76. The van der Waals surface area contributed by atoms with Crippen molar-refractivity contribution in [3.8, 4) is 5.75 Å². The maximum absolute atomic E-state index is 8.81. The van der Waals surface area contributed by atoms with Gasteiger partial charge in [-0.05, 0) is 18.9 Å². The van der Waals surface area contributed by atoms with Crippen LogP contribution in [0.15, 0.2) is 24.3 Å². The normalized spacial score (nSPS) is 12.7. The van der Waals surface area contributed by atoms with E-state index >= 15 is 0 Å². The van der Waals surface area contributed by atoms with Crippen LogP contribution in [0.4, 0.5) is 0 Å². The van der Waals surface area contributed by atoms with Crippen molar-refractivity contribution in [3.63, 3.8) is 0 Å². The van der Waals surface area contributed by atoms with Crippen molar-refractivity contribution in [3.05, 3.63) is 24.3 Å². The van der Waals surface area contributed by atoms with E-state index in [-0.39, 0.29) is 0 Å². The smallest absolute Gasteiger partial charge is 0.492 e. The molecule has 5 heteroatoms. The fraction of sp³-hybridized carbons (Fsp3) is 0.538. The van der Waals surface area contributed by atoms with Gasteiger partial charge < -0.3 is 19.5 Å². The Labute approximate surface area is 110 Å². The first kappa shape index (κ1) is 17.0. The minimum atomic E-state index is -1.47. The molecule has 0 amide bonds. The molecule has 18 heavy (non-hydrogen) atoms. The van der Waals surface area contributed by atoms with Gasteiger partial charge in [-0.25, -0.2) is 0 Å². The summed E-state index contributed by atoms with van der Waals surface area (Å²) in [5, 5.41) is 17.6. The first-order valence-corrected chi connectivity index (χ1v) is 6.32. The summed E-state index contributed by atoms with van der Waals surface area (Å²) in [6.45, 7) is 6.00. The Balaban J connectivity index is 0.000000343. The fourth-order valence-electron chi connectivity index (χ4n) is 1.39. The average molecular weight is 254 g/mol. The van der Waals surface area contributed by atoms with Crippen molar-refractivity contribution in [1.29, 1.82) is 0 Å². The largest absolute Gasteiger partial charge is 0.497 e. The lowest BCUT2D eigenvalue weighted by Gasteiger charge is -2.05. The van der Waals surface area contributed by atoms with E-state index in [1.54, 1.807) is 24.3 Å². The van der Waals surface area contributed by atoms with Gasteiger partial charge in [-0.1, -0.05) is 32.0 Å². The molecule has 0 unspecified atom stereocenters. The molecule has 1 aromatic carbocycles. The van der Waals surface area contributed by atoms with Gasteiger partial charge >= 0.3 is 7.12 Å². The van der Waals surface area contributed by atoms with Gasteiger partial charge in [0.1, 0.15) is 5.75 Å². The molecule has 1 heterocycles. The third-order valence-corrected chi connectivity index (χ3v) is 2.24. The van der Waals surface area contributed by atoms with E-state index in [0.29, 0.717) is 11.2 Å². The van der Waals surface area contributed by atoms with Crippen LogP contribution in [-0.2, 0) is 4.74 Å². The van der Waals surface area contributed by atoms with Gasteiger partial charge in [0.25, 0.3) is 0 Å². The van der Waals surface area contributed by atoms with Crippen LogP contribution >= 0.6 is 0 Å². The van der Waals surface area contributed by atoms with Gasteiger partial charge in [0.2, 0.25) is 0 Å². The van der Waals surface area contributed by atoms with Gasteiger partial charge in [0.05, 0.1) is 7.11 Å². The monoisotopic (exact) mass is 254 g/mol. The zero-order valence-corrected chi connectivity index (χ0v) is 11.4. The average Bonchev–Trinajstić information content (AvgIpc) is 3.00. The predicted molar refractivity (Wildman–Crippen MR) is 74.2 cm³/mol. The lowest BCUT2D eigenvalue weighted by Crippen LogP contribution is -2.30. The van der Waals surface area contributed by atoms with Crippen LogP contribution in [0.25, 0.3) is 0 Å². The Bertz CT molecular complexity index is 293. The zero-order valence-electron chi connectivity index (χ0n) is 11.4. The Morgan fingerprint density at radius 1 is 1.11 bits per heavy atom. The van der Waals surface area contributed by atoms with E-state index in [2.05, 4.69) is 0 Å². The molecule has 0 radical (unpaired) electrons. The lowest BCUT2D eigenvalue weighted by molar-refractivity contribution is 0.198. The van der Waals surface area contributed by atoms with E-state index in [1.165, 1.54) is 20.0 Å². The molecule has 0 bridgehead atoms. The second kappa shape index (κ2) is 11.1. The van der Waals surface area contributed by atoms with Crippen LogP contribution < -0.4 is 10.2 Å². The van der Waals surface area contributed by atoms with Crippen LogP contribution in [0.1, 0.15) is 26.7 Å². The van der Waals surface area contributed by atoms with E-state index in [9.17, 15) is 0 Å². The molecule has 2 N–H and O–H groups in total. The standard InChI is InChI=1S/C7H9BO3.C4H8O.C2H6/c1-11-7-5-3-2-4-6(7)8(9)10;1-2-4-5-3-1;1-2/h2-5,9-10H,1H3;1-4H2;1-2H3. The first-order chi connectivity index (χ1) is 8.75. The molecule has 0 saturated carbocycles. The molecular formula is C13H23BO4. The molecule has 1 aliphatic heterocycles. The first-order valence-electron chi connectivity index (χ1n) is 6.32. The Hall–Kier alpha value is -1.04. The van der Waals surface area contributed by atoms with E-state index in [4.69, 9.17) is 19.5 Å². The summed E-state index contributed by atoms with van der Waals surface area (Å²) in [4.78, 5) is 0. The molecule has 0 atom stereocenters. The van der Waals surface area contributed by atoms with Crippen molar-refractivity contribution in [2.45, 2.75) is 26.7 Å². The van der Waals surface area contributed by atoms with E-state index in [1.807, 2.05) is 13.8 Å². The van der Waals surface area contributed by atoms with Crippen molar-refractivity contribution < 1.29 is 19.5 Å².